The van der Waals surface area contributed by atoms with Crippen molar-refractivity contribution in [1.29, 1.82) is 0 Å². The molecule has 1 amide bonds. The lowest BCUT2D eigenvalue weighted by Gasteiger charge is -2.26. The fraction of sp³-hybridized carbons (Fsp3) is 0.412. The number of nitrogens with one attached hydrogen (secondary N) is 1. The van der Waals surface area contributed by atoms with Crippen LogP contribution in [0.2, 0.25) is 0 Å². The highest BCUT2D eigenvalue weighted by molar-refractivity contribution is 8.04. The quantitative estimate of drug-likeness (QED) is 0.898. The number of aliphatic carboxylic acids is 1. The van der Waals surface area contributed by atoms with Crippen molar-refractivity contribution >= 4 is 23.6 Å². The van der Waals surface area contributed by atoms with Gasteiger partial charge in [0.25, 0.3) is 5.91 Å². The van der Waals surface area contributed by atoms with Crippen molar-refractivity contribution in [2.75, 3.05) is 0 Å². The summed E-state index contributed by atoms with van der Waals surface area (Å²) < 4.78 is 0. The molecule has 1 aliphatic heterocycles. The SMILES string of the molecule is CC1(C)CCC2SC(NC(=O)c3ccccc3)=C(C(=O)O)C21. The molecule has 2 unspecified atom stereocenters. The molecule has 1 heterocycles. The van der Waals surface area contributed by atoms with E-state index in [1.54, 1.807) is 24.3 Å². The Balaban J connectivity index is 1.90. The van der Waals surface area contributed by atoms with Crippen molar-refractivity contribution in [1.82, 2.24) is 5.32 Å². The third kappa shape index (κ3) is 2.54. The topological polar surface area (TPSA) is 66.4 Å². The molecule has 1 fully saturated rings. The standard InChI is InChI=1S/C17H19NO3S/c1-17(2)9-8-11-13(17)12(16(20)21)15(22-11)18-14(19)10-6-4-3-5-7-10/h3-7,11,13H,8-9H2,1-2H3,(H,18,19)(H,20,21). The summed E-state index contributed by atoms with van der Waals surface area (Å²) in [7, 11) is 0. The Labute approximate surface area is 134 Å². The Bertz CT molecular complexity index is 651. The highest BCUT2D eigenvalue weighted by Crippen LogP contribution is 2.57. The molecule has 0 aromatic heterocycles. The zero-order chi connectivity index (χ0) is 15.9. The molecule has 2 aliphatic rings. The van der Waals surface area contributed by atoms with Crippen LogP contribution in [-0.4, -0.2) is 22.2 Å². The van der Waals surface area contributed by atoms with Gasteiger partial charge in [0, 0.05) is 16.7 Å². The maximum atomic E-state index is 12.3. The van der Waals surface area contributed by atoms with E-state index >= 15 is 0 Å². The molecule has 2 atom stereocenters. The third-order valence-corrected chi connectivity index (χ3v) is 5.97. The highest BCUT2D eigenvalue weighted by atomic mass is 32.2. The van der Waals surface area contributed by atoms with Gasteiger partial charge in [-0.2, -0.15) is 0 Å². The normalized spacial score (nSPS) is 25.9. The van der Waals surface area contributed by atoms with E-state index in [0.29, 0.717) is 16.2 Å². The molecule has 0 spiro atoms. The lowest BCUT2D eigenvalue weighted by atomic mass is 9.77. The van der Waals surface area contributed by atoms with Gasteiger partial charge in [-0.3, -0.25) is 4.79 Å². The number of fused-ring (bicyclic) bond motifs is 1. The number of carboxylic acids is 1. The van der Waals surface area contributed by atoms with E-state index < -0.39 is 5.97 Å². The monoisotopic (exact) mass is 317 g/mol. The molecule has 0 saturated heterocycles. The van der Waals surface area contributed by atoms with Crippen LogP contribution in [0.3, 0.4) is 0 Å². The molecule has 1 saturated carbocycles. The Morgan fingerprint density at radius 3 is 2.59 bits per heavy atom. The summed E-state index contributed by atoms with van der Waals surface area (Å²) in [6, 6.07) is 8.87. The molecule has 0 radical (unpaired) electrons. The van der Waals surface area contributed by atoms with Crippen LogP contribution in [-0.2, 0) is 4.79 Å². The number of hydrogen-bond donors (Lipinski definition) is 2. The fourth-order valence-electron chi connectivity index (χ4n) is 3.49. The van der Waals surface area contributed by atoms with Crippen LogP contribution in [0.1, 0.15) is 37.0 Å². The van der Waals surface area contributed by atoms with E-state index in [2.05, 4.69) is 19.2 Å². The van der Waals surface area contributed by atoms with Crippen LogP contribution in [0.4, 0.5) is 0 Å². The number of carbonyl (C=O) groups excluding carboxylic acids is 1. The first-order chi connectivity index (χ1) is 10.4. The second-order valence-electron chi connectivity index (χ2n) is 6.53. The lowest BCUT2D eigenvalue weighted by molar-refractivity contribution is -0.133. The van der Waals surface area contributed by atoms with Gasteiger partial charge in [-0.1, -0.05) is 32.0 Å². The summed E-state index contributed by atoms with van der Waals surface area (Å²) in [5.41, 5.74) is 0.878. The summed E-state index contributed by atoms with van der Waals surface area (Å²) in [4.78, 5) is 24.0. The number of hydrogen-bond acceptors (Lipinski definition) is 3. The Kier molecular flexibility index (Phi) is 3.77. The minimum atomic E-state index is -0.918. The van der Waals surface area contributed by atoms with Gasteiger partial charge in [-0.15, -0.1) is 11.8 Å². The molecule has 1 aromatic carbocycles. The zero-order valence-corrected chi connectivity index (χ0v) is 13.4. The third-order valence-electron chi connectivity index (χ3n) is 4.61. The van der Waals surface area contributed by atoms with E-state index in [0.717, 1.165) is 12.8 Å². The number of amides is 1. The Morgan fingerprint density at radius 1 is 1.27 bits per heavy atom. The Hall–Kier alpha value is -1.75. The van der Waals surface area contributed by atoms with Gasteiger partial charge in [0.2, 0.25) is 0 Å². The summed E-state index contributed by atoms with van der Waals surface area (Å²) >= 11 is 1.51. The van der Waals surface area contributed by atoms with E-state index in [-0.39, 0.29) is 22.5 Å². The molecule has 22 heavy (non-hydrogen) atoms. The van der Waals surface area contributed by atoms with Gasteiger partial charge in [0.05, 0.1) is 10.6 Å². The smallest absolute Gasteiger partial charge is 0.334 e. The number of thioether (sulfide) groups is 1. The van der Waals surface area contributed by atoms with Crippen LogP contribution < -0.4 is 5.32 Å². The van der Waals surface area contributed by atoms with E-state index in [1.807, 2.05) is 6.07 Å². The van der Waals surface area contributed by atoms with Crippen molar-refractivity contribution in [2.45, 2.75) is 31.9 Å². The molecule has 4 nitrogen and oxygen atoms in total. The van der Waals surface area contributed by atoms with E-state index in [4.69, 9.17) is 0 Å². The van der Waals surface area contributed by atoms with Crippen molar-refractivity contribution in [3.63, 3.8) is 0 Å². The van der Waals surface area contributed by atoms with Crippen molar-refractivity contribution in [2.24, 2.45) is 11.3 Å². The Morgan fingerprint density at radius 2 is 1.95 bits per heavy atom. The lowest BCUT2D eigenvalue weighted by Crippen LogP contribution is -2.28. The van der Waals surface area contributed by atoms with Crippen molar-refractivity contribution in [3.05, 3.63) is 46.5 Å². The second-order valence-corrected chi connectivity index (χ2v) is 7.78. The highest BCUT2D eigenvalue weighted by Gasteiger charge is 2.51. The van der Waals surface area contributed by atoms with Crippen molar-refractivity contribution in [3.8, 4) is 0 Å². The molecule has 116 valence electrons. The van der Waals surface area contributed by atoms with Crippen LogP contribution >= 0.6 is 11.8 Å². The number of carbonyl (C=O) groups is 2. The average molecular weight is 317 g/mol. The molecule has 2 N–H and O–H groups in total. The molecule has 1 aliphatic carbocycles. The largest absolute Gasteiger partial charge is 0.478 e. The van der Waals surface area contributed by atoms with Gasteiger partial charge in [-0.25, -0.2) is 4.79 Å². The number of carboxylic acid groups (broad SMARTS) is 1. The zero-order valence-electron chi connectivity index (χ0n) is 12.6. The predicted octanol–water partition coefficient (Wildman–Crippen LogP) is 3.26. The molecule has 3 rings (SSSR count). The van der Waals surface area contributed by atoms with Gasteiger partial charge in [0.15, 0.2) is 0 Å². The molecule has 5 heteroatoms. The van der Waals surface area contributed by atoms with Crippen molar-refractivity contribution < 1.29 is 14.7 Å². The molecule has 0 bridgehead atoms. The van der Waals surface area contributed by atoms with Gasteiger partial charge in [-0.05, 0) is 30.4 Å². The summed E-state index contributed by atoms with van der Waals surface area (Å²) in [6.45, 7) is 4.23. The van der Waals surface area contributed by atoms with Gasteiger partial charge >= 0.3 is 5.97 Å². The second kappa shape index (κ2) is 5.47. The summed E-state index contributed by atoms with van der Waals surface area (Å²) in [5, 5.41) is 13.2. The number of benzene rings is 1. The predicted molar refractivity (Wildman–Crippen MR) is 86.5 cm³/mol. The maximum absolute atomic E-state index is 12.3. The van der Waals surface area contributed by atoms with Crippen LogP contribution in [0, 0.1) is 11.3 Å². The number of rotatable bonds is 3. The minimum absolute atomic E-state index is 0.000994. The van der Waals surface area contributed by atoms with E-state index in [9.17, 15) is 14.7 Å². The first-order valence-electron chi connectivity index (χ1n) is 7.40. The molecular formula is C17H19NO3S. The van der Waals surface area contributed by atoms with E-state index in [1.165, 1.54) is 11.8 Å². The van der Waals surface area contributed by atoms with Crippen LogP contribution in [0.25, 0.3) is 0 Å². The average Bonchev–Trinajstić information content (AvgIpc) is 2.98. The summed E-state index contributed by atoms with van der Waals surface area (Å²) in [6.07, 6.45) is 2.01. The molecule has 1 aromatic rings. The fourth-order valence-corrected chi connectivity index (χ4v) is 5.16. The van der Waals surface area contributed by atoms with Crippen LogP contribution in [0.5, 0.6) is 0 Å². The minimum Gasteiger partial charge on any atom is -0.478 e. The molecular weight excluding hydrogens is 298 g/mol. The summed E-state index contributed by atoms with van der Waals surface area (Å²) in [5.74, 6) is -1.17. The van der Waals surface area contributed by atoms with Gasteiger partial charge < -0.3 is 10.4 Å². The first-order valence-corrected chi connectivity index (χ1v) is 8.28. The maximum Gasteiger partial charge on any atom is 0.334 e. The van der Waals surface area contributed by atoms with Crippen LogP contribution in [0.15, 0.2) is 40.9 Å². The van der Waals surface area contributed by atoms with Gasteiger partial charge in [0.1, 0.15) is 0 Å². The first kappa shape index (κ1) is 15.2.